The van der Waals surface area contributed by atoms with Gasteiger partial charge in [-0.15, -0.1) is 0 Å². The van der Waals surface area contributed by atoms with Crippen LogP contribution in [0.25, 0.3) is 11.1 Å². The Balaban J connectivity index is 1.62. The summed E-state index contributed by atoms with van der Waals surface area (Å²) < 4.78 is 80.5. The average Bonchev–Trinajstić information content (AvgIpc) is 2.85. The summed E-state index contributed by atoms with van der Waals surface area (Å²) in [5.41, 5.74) is -0.220. The van der Waals surface area contributed by atoms with Gasteiger partial charge in [0, 0.05) is 17.0 Å². The molecule has 1 heterocycles. The topological polar surface area (TPSA) is 30.5 Å². The van der Waals surface area contributed by atoms with E-state index < -0.39 is 23.4 Å². The van der Waals surface area contributed by atoms with Gasteiger partial charge < -0.3 is 14.8 Å². The molecule has 0 saturated carbocycles. The van der Waals surface area contributed by atoms with Gasteiger partial charge in [-0.1, -0.05) is 30.3 Å². The third kappa shape index (κ3) is 5.65. The molecule has 0 unspecified atom stereocenters. The lowest BCUT2D eigenvalue weighted by atomic mass is 9.74. The molecule has 1 fully saturated rings. The first-order valence-electron chi connectivity index (χ1n) is 11.3. The smallest absolute Gasteiger partial charge is 0.416 e. The predicted octanol–water partition coefficient (Wildman–Crippen LogP) is 6.50. The first kappa shape index (κ1) is 25.1. The fourth-order valence-corrected chi connectivity index (χ4v) is 4.58. The zero-order chi connectivity index (χ0) is 25.1. The molecule has 0 atom stereocenters. The minimum absolute atomic E-state index is 0.0860. The number of methoxy groups -OCH3 is 1. The number of hydrogen-bond donors (Lipinski definition) is 1. The van der Waals surface area contributed by atoms with Gasteiger partial charge in [-0.2, -0.15) is 13.2 Å². The molecule has 1 N–H and O–H groups in total. The van der Waals surface area contributed by atoms with E-state index in [1.54, 1.807) is 0 Å². The molecule has 0 aliphatic carbocycles. The van der Waals surface area contributed by atoms with Gasteiger partial charge in [-0.3, -0.25) is 0 Å². The number of ether oxygens (including phenoxy) is 2. The van der Waals surface area contributed by atoms with Crippen LogP contribution in [0.15, 0.2) is 60.7 Å². The van der Waals surface area contributed by atoms with E-state index in [9.17, 15) is 22.0 Å². The maximum Gasteiger partial charge on any atom is 0.416 e. The molecule has 1 aliphatic rings. The molecule has 3 aromatic carbocycles. The van der Waals surface area contributed by atoms with E-state index in [0.717, 1.165) is 55.8 Å². The van der Waals surface area contributed by atoms with Crippen molar-refractivity contribution in [2.24, 2.45) is 0 Å². The van der Waals surface area contributed by atoms with Crippen LogP contribution in [0.2, 0.25) is 0 Å². The highest BCUT2D eigenvalue weighted by atomic mass is 19.4. The average molecular weight is 492 g/mol. The van der Waals surface area contributed by atoms with Crippen molar-refractivity contribution in [1.82, 2.24) is 5.32 Å². The maximum absolute atomic E-state index is 14.6. The normalized spacial score (nSPS) is 15.7. The fourth-order valence-electron chi connectivity index (χ4n) is 4.58. The van der Waals surface area contributed by atoms with Gasteiger partial charge in [0.25, 0.3) is 0 Å². The maximum atomic E-state index is 14.6. The van der Waals surface area contributed by atoms with Crippen molar-refractivity contribution >= 4 is 0 Å². The second kappa shape index (κ2) is 10.3. The Bertz CT molecular complexity index is 1160. The summed E-state index contributed by atoms with van der Waals surface area (Å²) in [6.07, 6.45) is -2.99. The van der Waals surface area contributed by atoms with E-state index in [-0.39, 0.29) is 34.5 Å². The zero-order valence-electron chi connectivity index (χ0n) is 19.2. The molecule has 8 heteroatoms. The lowest BCUT2D eigenvalue weighted by molar-refractivity contribution is -0.137. The second-order valence-corrected chi connectivity index (χ2v) is 8.77. The third-order valence-corrected chi connectivity index (χ3v) is 6.47. The summed E-state index contributed by atoms with van der Waals surface area (Å²) >= 11 is 0. The van der Waals surface area contributed by atoms with Crippen LogP contribution >= 0.6 is 0 Å². The SMILES string of the molecule is COc1cc(F)c(-c2cc(COCC3(c4ccccc4)CCNCC3)cc(C(F)(F)F)c2)cc1F. The first-order valence-corrected chi connectivity index (χ1v) is 11.3. The monoisotopic (exact) mass is 491 g/mol. The third-order valence-electron chi connectivity index (χ3n) is 6.47. The van der Waals surface area contributed by atoms with Crippen LogP contribution in [0.1, 0.15) is 29.5 Å². The van der Waals surface area contributed by atoms with Crippen LogP contribution in [-0.2, 0) is 22.9 Å². The van der Waals surface area contributed by atoms with E-state index in [2.05, 4.69) is 5.32 Å². The van der Waals surface area contributed by atoms with Crippen molar-refractivity contribution in [3.05, 3.63) is 89.0 Å². The molecule has 35 heavy (non-hydrogen) atoms. The lowest BCUT2D eigenvalue weighted by Crippen LogP contribution is -2.43. The van der Waals surface area contributed by atoms with E-state index in [1.807, 2.05) is 30.3 Å². The van der Waals surface area contributed by atoms with E-state index in [0.29, 0.717) is 6.61 Å². The van der Waals surface area contributed by atoms with Crippen LogP contribution in [-0.4, -0.2) is 26.8 Å². The summed E-state index contributed by atoms with van der Waals surface area (Å²) in [6, 6.07) is 14.8. The largest absolute Gasteiger partial charge is 0.494 e. The van der Waals surface area contributed by atoms with Gasteiger partial charge in [0.2, 0.25) is 0 Å². The Morgan fingerprint density at radius 3 is 2.29 bits per heavy atom. The molecule has 1 saturated heterocycles. The number of rotatable bonds is 7. The molecule has 0 spiro atoms. The standard InChI is InChI=1S/C27H26F5NO2/c1-34-25-15-23(28)22(14-24(25)29)19-11-18(12-21(13-19)27(30,31)32)16-35-17-26(7-9-33-10-8-26)20-5-3-2-4-6-20/h2-6,11-15,33H,7-10,16-17H2,1H3. The van der Waals surface area contributed by atoms with Crippen LogP contribution < -0.4 is 10.1 Å². The highest BCUT2D eigenvalue weighted by Gasteiger charge is 2.35. The predicted molar refractivity (Wildman–Crippen MR) is 123 cm³/mol. The molecular formula is C27H26F5NO2. The molecule has 0 aromatic heterocycles. The van der Waals surface area contributed by atoms with Crippen molar-refractivity contribution in [2.75, 3.05) is 26.8 Å². The number of halogens is 5. The van der Waals surface area contributed by atoms with Crippen molar-refractivity contribution < 1.29 is 31.4 Å². The number of hydrogen-bond acceptors (Lipinski definition) is 3. The number of piperidine rings is 1. The summed E-state index contributed by atoms with van der Waals surface area (Å²) in [4.78, 5) is 0. The van der Waals surface area contributed by atoms with Crippen LogP contribution in [0.4, 0.5) is 22.0 Å². The number of benzene rings is 3. The highest BCUT2D eigenvalue weighted by Crippen LogP contribution is 2.37. The molecule has 0 radical (unpaired) electrons. The molecule has 0 bridgehead atoms. The van der Waals surface area contributed by atoms with Crippen LogP contribution in [0.5, 0.6) is 5.75 Å². The van der Waals surface area contributed by atoms with Crippen molar-refractivity contribution in [1.29, 1.82) is 0 Å². The van der Waals surface area contributed by atoms with E-state index in [4.69, 9.17) is 9.47 Å². The highest BCUT2D eigenvalue weighted by molar-refractivity contribution is 5.67. The van der Waals surface area contributed by atoms with Crippen molar-refractivity contribution in [3.8, 4) is 16.9 Å². The Labute approximate surface area is 200 Å². The number of alkyl halides is 3. The molecule has 1 aliphatic heterocycles. The Kier molecular flexibility index (Phi) is 7.42. The zero-order valence-corrected chi connectivity index (χ0v) is 19.2. The van der Waals surface area contributed by atoms with Crippen molar-refractivity contribution in [2.45, 2.75) is 31.0 Å². The minimum Gasteiger partial charge on any atom is -0.494 e. The Hall–Kier alpha value is -2.97. The molecular weight excluding hydrogens is 465 g/mol. The van der Waals surface area contributed by atoms with E-state index in [1.165, 1.54) is 13.2 Å². The quantitative estimate of drug-likeness (QED) is 0.383. The lowest BCUT2D eigenvalue weighted by Gasteiger charge is -2.38. The molecule has 4 rings (SSSR count). The summed E-state index contributed by atoms with van der Waals surface area (Å²) in [5.74, 6) is -2.07. The Morgan fingerprint density at radius 1 is 0.914 bits per heavy atom. The second-order valence-electron chi connectivity index (χ2n) is 8.77. The molecule has 3 nitrogen and oxygen atoms in total. The van der Waals surface area contributed by atoms with Gasteiger partial charge in [0.15, 0.2) is 11.6 Å². The van der Waals surface area contributed by atoms with E-state index >= 15 is 0 Å². The van der Waals surface area contributed by atoms with Gasteiger partial charge in [-0.05, 0) is 66.9 Å². The van der Waals surface area contributed by atoms with Gasteiger partial charge in [-0.25, -0.2) is 8.78 Å². The van der Waals surface area contributed by atoms with Crippen molar-refractivity contribution in [3.63, 3.8) is 0 Å². The summed E-state index contributed by atoms with van der Waals surface area (Å²) in [6.45, 7) is 1.86. The van der Waals surface area contributed by atoms with Crippen LogP contribution in [0, 0.1) is 11.6 Å². The Morgan fingerprint density at radius 2 is 1.63 bits per heavy atom. The fraction of sp³-hybridized carbons (Fsp3) is 0.333. The van der Waals surface area contributed by atoms with Gasteiger partial charge >= 0.3 is 6.18 Å². The first-order chi connectivity index (χ1) is 16.7. The molecule has 0 amide bonds. The van der Waals surface area contributed by atoms with Gasteiger partial charge in [0.1, 0.15) is 5.82 Å². The van der Waals surface area contributed by atoms with Crippen LogP contribution in [0.3, 0.4) is 0 Å². The molecule has 186 valence electrons. The van der Waals surface area contributed by atoms with Gasteiger partial charge in [0.05, 0.1) is 25.9 Å². The summed E-state index contributed by atoms with van der Waals surface area (Å²) in [7, 11) is 1.18. The molecule has 3 aromatic rings. The number of nitrogens with one attached hydrogen (secondary N) is 1. The minimum atomic E-state index is -4.66. The summed E-state index contributed by atoms with van der Waals surface area (Å²) in [5, 5.41) is 3.33.